The number of carbonyl (C=O) groups is 1. The maximum atomic E-state index is 12.4. The van der Waals surface area contributed by atoms with Crippen molar-refractivity contribution < 1.29 is 9.90 Å². The van der Waals surface area contributed by atoms with Gasteiger partial charge in [-0.25, -0.2) is 0 Å². The molecule has 0 radical (unpaired) electrons. The highest BCUT2D eigenvalue weighted by molar-refractivity contribution is 6.04. The largest absolute Gasteiger partial charge is 0.392 e. The molecule has 0 bridgehead atoms. The summed E-state index contributed by atoms with van der Waals surface area (Å²) in [6.45, 7) is 3.68. The second-order valence-corrected chi connectivity index (χ2v) is 5.15. The molecule has 112 valence electrons. The first-order valence-electron chi connectivity index (χ1n) is 6.91. The summed E-state index contributed by atoms with van der Waals surface area (Å²) >= 11 is 0. The van der Waals surface area contributed by atoms with Crippen molar-refractivity contribution in [3.63, 3.8) is 0 Å². The number of aryl methyl sites for hydroxylation is 2. The molecule has 0 saturated heterocycles. The minimum atomic E-state index is -0.215. The summed E-state index contributed by atoms with van der Waals surface area (Å²) in [5.74, 6) is 0.510. The average Bonchev–Trinajstić information content (AvgIpc) is 2.90. The molecule has 2 aromatic heterocycles. The zero-order valence-corrected chi connectivity index (χ0v) is 12.4. The zero-order chi connectivity index (χ0) is 15.7. The molecule has 1 amide bonds. The highest BCUT2D eigenvalue weighted by Crippen LogP contribution is 2.18. The number of aliphatic hydroxyl groups excluding tert-OH is 1. The van der Waals surface area contributed by atoms with Gasteiger partial charge in [0.15, 0.2) is 5.65 Å². The fourth-order valence-electron chi connectivity index (χ4n) is 2.24. The van der Waals surface area contributed by atoms with Gasteiger partial charge in [0.2, 0.25) is 0 Å². The smallest absolute Gasteiger partial charge is 0.257 e. The second-order valence-electron chi connectivity index (χ2n) is 5.15. The SMILES string of the molecule is Cc1ccc(CO)cc1NC(=O)c1ccc2nnc(C)n2c1. The normalized spacial score (nSPS) is 10.9. The van der Waals surface area contributed by atoms with Gasteiger partial charge < -0.3 is 10.4 Å². The van der Waals surface area contributed by atoms with E-state index in [9.17, 15) is 9.90 Å². The number of benzene rings is 1. The van der Waals surface area contributed by atoms with Crippen molar-refractivity contribution in [3.8, 4) is 0 Å². The van der Waals surface area contributed by atoms with Crippen molar-refractivity contribution in [1.82, 2.24) is 14.6 Å². The molecule has 0 saturated carbocycles. The predicted octanol–water partition coefficient (Wildman–Crippen LogP) is 2.09. The van der Waals surface area contributed by atoms with Crippen LogP contribution in [0.5, 0.6) is 0 Å². The Morgan fingerprint density at radius 3 is 2.82 bits per heavy atom. The number of pyridine rings is 1. The summed E-state index contributed by atoms with van der Waals surface area (Å²) in [5, 5.41) is 20.0. The summed E-state index contributed by atoms with van der Waals surface area (Å²) in [6.07, 6.45) is 1.71. The van der Waals surface area contributed by atoms with Crippen LogP contribution in [0.25, 0.3) is 5.65 Å². The average molecular weight is 296 g/mol. The molecule has 2 N–H and O–H groups in total. The Balaban J connectivity index is 1.91. The van der Waals surface area contributed by atoms with Crippen LogP contribution in [-0.4, -0.2) is 25.6 Å². The summed E-state index contributed by atoms with van der Waals surface area (Å²) in [6, 6.07) is 8.94. The fraction of sp³-hybridized carbons (Fsp3) is 0.188. The first kappa shape index (κ1) is 14.2. The lowest BCUT2D eigenvalue weighted by atomic mass is 10.1. The van der Waals surface area contributed by atoms with Crippen molar-refractivity contribution in [1.29, 1.82) is 0 Å². The van der Waals surface area contributed by atoms with E-state index in [-0.39, 0.29) is 12.5 Å². The van der Waals surface area contributed by atoms with Crippen molar-refractivity contribution in [2.75, 3.05) is 5.32 Å². The van der Waals surface area contributed by atoms with Gasteiger partial charge in [-0.15, -0.1) is 10.2 Å². The standard InChI is InChI=1S/C16H16N4O2/c1-10-3-4-12(9-21)7-14(10)17-16(22)13-5-6-15-19-18-11(2)20(15)8-13/h3-8,21H,9H2,1-2H3,(H,17,22). The van der Waals surface area contributed by atoms with Gasteiger partial charge in [-0.3, -0.25) is 9.20 Å². The number of amides is 1. The van der Waals surface area contributed by atoms with Gasteiger partial charge in [0, 0.05) is 11.9 Å². The van der Waals surface area contributed by atoms with Gasteiger partial charge in [-0.1, -0.05) is 12.1 Å². The number of fused-ring (bicyclic) bond motifs is 1. The lowest BCUT2D eigenvalue weighted by Gasteiger charge is -2.10. The molecule has 0 aliphatic carbocycles. The number of aliphatic hydroxyl groups is 1. The monoisotopic (exact) mass is 296 g/mol. The number of carbonyl (C=O) groups excluding carboxylic acids is 1. The Kier molecular flexibility index (Phi) is 3.60. The van der Waals surface area contributed by atoms with Crippen LogP contribution in [0.1, 0.15) is 27.3 Å². The van der Waals surface area contributed by atoms with E-state index < -0.39 is 0 Å². The van der Waals surface area contributed by atoms with Crippen LogP contribution in [0.2, 0.25) is 0 Å². The van der Waals surface area contributed by atoms with E-state index in [2.05, 4.69) is 15.5 Å². The van der Waals surface area contributed by atoms with Crippen LogP contribution in [0.3, 0.4) is 0 Å². The summed E-state index contributed by atoms with van der Waals surface area (Å²) in [5.41, 5.74) is 3.60. The van der Waals surface area contributed by atoms with Crippen molar-refractivity contribution in [2.24, 2.45) is 0 Å². The third kappa shape index (κ3) is 2.56. The molecule has 0 fully saturated rings. The molecule has 1 aromatic carbocycles. The molecule has 3 rings (SSSR count). The van der Waals surface area contributed by atoms with E-state index in [0.717, 1.165) is 17.0 Å². The number of nitrogens with one attached hydrogen (secondary N) is 1. The molecule has 3 aromatic rings. The van der Waals surface area contributed by atoms with Gasteiger partial charge in [0.25, 0.3) is 5.91 Å². The Hall–Kier alpha value is -2.73. The van der Waals surface area contributed by atoms with E-state index >= 15 is 0 Å². The van der Waals surface area contributed by atoms with Crippen LogP contribution in [-0.2, 0) is 6.61 Å². The molecule has 0 aliphatic heterocycles. The van der Waals surface area contributed by atoms with E-state index in [0.29, 0.717) is 16.9 Å². The first-order valence-corrected chi connectivity index (χ1v) is 6.91. The Morgan fingerprint density at radius 2 is 2.05 bits per heavy atom. The lowest BCUT2D eigenvalue weighted by molar-refractivity contribution is 0.102. The van der Waals surface area contributed by atoms with Gasteiger partial charge in [-0.05, 0) is 43.2 Å². The topological polar surface area (TPSA) is 79.5 Å². The lowest BCUT2D eigenvalue weighted by Crippen LogP contribution is -2.14. The maximum absolute atomic E-state index is 12.4. The van der Waals surface area contributed by atoms with Crippen molar-refractivity contribution >= 4 is 17.2 Å². The van der Waals surface area contributed by atoms with E-state index in [4.69, 9.17) is 0 Å². The number of rotatable bonds is 3. The molecule has 0 unspecified atom stereocenters. The minimum Gasteiger partial charge on any atom is -0.392 e. The molecule has 2 heterocycles. The third-order valence-electron chi connectivity index (χ3n) is 3.57. The highest BCUT2D eigenvalue weighted by atomic mass is 16.3. The Bertz CT molecular complexity index is 854. The van der Waals surface area contributed by atoms with E-state index in [1.54, 1.807) is 28.8 Å². The maximum Gasteiger partial charge on any atom is 0.257 e. The third-order valence-corrected chi connectivity index (χ3v) is 3.57. The number of hydrogen-bond donors (Lipinski definition) is 2. The summed E-state index contributed by atoms with van der Waals surface area (Å²) in [7, 11) is 0. The van der Waals surface area contributed by atoms with Crippen LogP contribution >= 0.6 is 0 Å². The van der Waals surface area contributed by atoms with E-state index in [1.165, 1.54) is 0 Å². The summed E-state index contributed by atoms with van der Waals surface area (Å²) < 4.78 is 1.77. The molecular formula is C16H16N4O2. The summed E-state index contributed by atoms with van der Waals surface area (Å²) in [4.78, 5) is 12.4. The zero-order valence-electron chi connectivity index (χ0n) is 12.4. The molecule has 0 aliphatic rings. The Morgan fingerprint density at radius 1 is 1.23 bits per heavy atom. The van der Waals surface area contributed by atoms with E-state index in [1.807, 2.05) is 26.0 Å². The van der Waals surface area contributed by atoms with Gasteiger partial charge >= 0.3 is 0 Å². The Labute approximate surface area is 127 Å². The number of nitrogens with zero attached hydrogens (tertiary/aromatic N) is 3. The molecule has 0 spiro atoms. The van der Waals surface area contributed by atoms with Crippen molar-refractivity contribution in [3.05, 3.63) is 59.0 Å². The van der Waals surface area contributed by atoms with Crippen molar-refractivity contribution in [2.45, 2.75) is 20.5 Å². The molecular weight excluding hydrogens is 280 g/mol. The van der Waals surface area contributed by atoms with Gasteiger partial charge in [0.1, 0.15) is 5.82 Å². The number of hydrogen-bond acceptors (Lipinski definition) is 4. The van der Waals surface area contributed by atoms with Crippen LogP contribution < -0.4 is 5.32 Å². The molecule has 6 heteroatoms. The van der Waals surface area contributed by atoms with Crippen LogP contribution in [0.15, 0.2) is 36.5 Å². The number of anilines is 1. The highest BCUT2D eigenvalue weighted by Gasteiger charge is 2.10. The minimum absolute atomic E-state index is 0.0605. The van der Waals surface area contributed by atoms with Crippen LogP contribution in [0, 0.1) is 13.8 Å². The molecule has 0 atom stereocenters. The first-order chi connectivity index (χ1) is 10.6. The van der Waals surface area contributed by atoms with Gasteiger partial charge in [-0.2, -0.15) is 0 Å². The predicted molar refractivity (Wildman–Crippen MR) is 82.8 cm³/mol. The molecule has 22 heavy (non-hydrogen) atoms. The quantitative estimate of drug-likeness (QED) is 0.775. The van der Waals surface area contributed by atoms with Gasteiger partial charge in [0.05, 0.1) is 12.2 Å². The fourth-order valence-corrected chi connectivity index (χ4v) is 2.24. The van der Waals surface area contributed by atoms with Crippen LogP contribution in [0.4, 0.5) is 5.69 Å². The molecule has 6 nitrogen and oxygen atoms in total. The number of aromatic nitrogens is 3. The second kappa shape index (κ2) is 5.57.